The fourth-order valence-corrected chi connectivity index (χ4v) is 1.61. The Bertz CT molecular complexity index is 341. The maximum Gasteiger partial charge on any atom is 0.255 e. The zero-order chi connectivity index (χ0) is 12.1. The number of methoxy groups -OCH3 is 1. The minimum Gasteiger partial charge on any atom is -0.383 e. The van der Waals surface area contributed by atoms with E-state index < -0.39 is 0 Å². The third-order valence-corrected chi connectivity index (χ3v) is 2.55. The van der Waals surface area contributed by atoms with Gasteiger partial charge >= 0.3 is 0 Å². The van der Waals surface area contributed by atoms with Crippen molar-refractivity contribution in [2.75, 3.05) is 13.7 Å². The Kier molecular flexibility index (Phi) is 4.49. The first-order chi connectivity index (χ1) is 7.60. The summed E-state index contributed by atoms with van der Waals surface area (Å²) in [4.78, 5) is 12.0. The molecule has 1 aromatic heterocycles. The van der Waals surface area contributed by atoms with E-state index in [2.05, 4.69) is 15.5 Å². The van der Waals surface area contributed by atoms with Crippen molar-refractivity contribution in [3.8, 4) is 0 Å². The summed E-state index contributed by atoms with van der Waals surface area (Å²) in [5, 5.41) is 9.73. The molecule has 1 unspecified atom stereocenters. The number of carbonyl (C=O) groups excluding carboxylic acids is 1. The summed E-state index contributed by atoms with van der Waals surface area (Å²) >= 11 is 0. The van der Waals surface area contributed by atoms with Crippen molar-refractivity contribution in [2.24, 2.45) is 0 Å². The lowest BCUT2D eigenvalue weighted by molar-refractivity contribution is 0.0893. The predicted octanol–water partition coefficient (Wildman–Crippen LogP) is 1.18. The van der Waals surface area contributed by atoms with Gasteiger partial charge in [-0.05, 0) is 20.3 Å². The Hall–Kier alpha value is -1.36. The zero-order valence-electron chi connectivity index (χ0n) is 10.3. The number of aromatic nitrogens is 2. The first-order valence-electron chi connectivity index (χ1n) is 5.41. The second-order valence-corrected chi connectivity index (χ2v) is 3.84. The zero-order valence-corrected chi connectivity index (χ0v) is 10.3. The standard InChI is InChI=1S/C11H19N3O2/c1-5-9(6-16-4)12-11(15)10-7(2)13-14-8(10)3/h9H,5-6H2,1-4H3,(H,12,15)(H,13,14). The number of rotatable bonds is 5. The van der Waals surface area contributed by atoms with Crippen molar-refractivity contribution in [3.63, 3.8) is 0 Å². The first-order valence-corrected chi connectivity index (χ1v) is 5.41. The molecule has 0 fully saturated rings. The Labute approximate surface area is 95.6 Å². The van der Waals surface area contributed by atoms with Gasteiger partial charge in [0.25, 0.3) is 5.91 Å². The third kappa shape index (κ3) is 2.82. The lowest BCUT2D eigenvalue weighted by Gasteiger charge is -2.15. The lowest BCUT2D eigenvalue weighted by Crippen LogP contribution is -2.37. The van der Waals surface area contributed by atoms with Crippen molar-refractivity contribution in [1.82, 2.24) is 15.5 Å². The van der Waals surface area contributed by atoms with Gasteiger partial charge in [0.05, 0.1) is 23.9 Å². The average Bonchev–Trinajstić information content (AvgIpc) is 2.57. The quantitative estimate of drug-likeness (QED) is 0.790. The minimum atomic E-state index is -0.0901. The van der Waals surface area contributed by atoms with Gasteiger partial charge in [0.1, 0.15) is 0 Å². The van der Waals surface area contributed by atoms with Gasteiger partial charge in [-0.1, -0.05) is 6.92 Å². The number of H-pyrrole nitrogens is 1. The number of amides is 1. The molecule has 5 nitrogen and oxygen atoms in total. The number of nitrogens with zero attached hydrogens (tertiary/aromatic N) is 1. The number of ether oxygens (including phenoxy) is 1. The third-order valence-electron chi connectivity index (χ3n) is 2.55. The van der Waals surface area contributed by atoms with Gasteiger partial charge in [0.15, 0.2) is 0 Å². The van der Waals surface area contributed by atoms with Crippen LogP contribution in [0.25, 0.3) is 0 Å². The van der Waals surface area contributed by atoms with E-state index >= 15 is 0 Å². The maximum absolute atomic E-state index is 12.0. The largest absolute Gasteiger partial charge is 0.383 e. The van der Waals surface area contributed by atoms with Crippen LogP contribution < -0.4 is 5.32 Å². The average molecular weight is 225 g/mol. The molecule has 0 aromatic carbocycles. The van der Waals surface area contributed by atoms with Crippen LogP contribution in [0.3, 0.4) is 0 Å². The second-order valence-electron chi connectivity index (χ2n) is 3.84. The number of aryl methyl sites for hydroxylation is 2. The molecular weight excluding hydrogens is 206 g/mol. The SMILES string of the molecule is CCC(COC)NC(=O)c1c(C)n[nH]c1C. The maximum atomic E-state index is 12.0. The molecule has 0 saturated heterocycles. The van der Waals surface area contributed by atoms with E-state index in [1.54, 1.807) is 7.11 Å². The van der Waals surface area contributed by atoms with Crippen LogP contribution in [0.5, 0.6) is 0 Å². The van der Waals surface area contributed by atoms with Crippen LogP contribution in [0.4, 0.5) is 0 Å². The summed E-state index contributed by atoms with van der Waals surface area (Å²) in [6, 6.07) is 0.0474. The molecule has 1 amide bonds. The molecule has 1 atom stereocenters. The van der Waals surface area contributed by atoms with E-state index in [0.717, 1.165) is 17.8 Å². The fourth-order valence-electron chi connectivity index (χ4n) is 1.61. The number of aromatic amines is 1. The van der Waals surface area contributed by atoms with E-state index in [9.17, 15) is 4.79 Å². The van der Waals surface area contributed by atoms with E-state index in [1.165, 1.54) is 0 Å². The van der Waals surface area contributed by atoms with Gasteiger partial charge in [-0.25, -0.2) is 0 Å². The van der Waals surface area contributed by atoms with Crippen molar-refractivity contribution >= 4 is 5.91 Å². The van der Waals surface area contributed by atoms with E-state index in [0.29, 0.717) is 12.2 Å². The molecular formula is C11H19N3O2. The first kappa shape index (κ1) is 12.7. The van der Waals surface area contributed by atoms with Crippen molar-refractivity contribution in [1.29, 1.82) is 0 Å². The molecule has 2 N–H and O–H groups in total. The molecule has 0 bridgehead atoms. The highest BCUT2D eigenvalue weighted by Crippen LogP contribution is 2.09. The van der Waals surface area contributed by atoms with Crippen molar-refractivity contribution in [3.05, 3.63) is 17.0 Å². The van der Waals surface area contributed by atoms with Crippen LogP contribution in [-0.2, 0) is 4.74 Å². The molecule has 0 aliphatic heterocycles. The topological polar surface area (TPSA) is 67.0 Å². The van der Waals surface area contributed by atoms with Crippen LogP contribution in [0.15, 0.2) is 0 Å². The van der Waals surface area contributed by atoms with Gasteiger partial charge in [-0.2, -0.15) is 5.10 Å². The normalized spacial score (nSPS) is 12.5. The summed E-state index contributed by atoms with van der Waals surface area (Å²) in [7, 11) is 1.63. The number of hydrogen-bond acceptors (Lipinski definition) is 3. The molecule has 1 aromatic rings. The van der Waals surface area contributed by atoms with Crippen LogP contribution in [-0.4, -0.2) is 35.9 Å². The van der Waals surface area contributed by atoms with Crippen LogP contribution >= 0.6 is 0 Å². The molecule has 90 valence electrons. The molecule has 1 heterocycles. The van der Waals surface area contributed by atoms with Gasteiger partial charge in [0, 0.05) is 12.8 Å². The fraction of sp³-hybridized carbons (Fsp3) is 0.636. The summed E-state index contributed by atoms with van der Waals surface area (Å²) in [6.45, 7) is 6.19. The summed E-state index contributed by atoms with van der Waals surface area (Å²) in [5.74, 6) is -0.0901. The smallest absolute Gasteiger partial charge is 0.255 e. The molecule has 0 spiro atoms. The van der Waals surface area contributed by atoms with Gasteiger partial charge in [-0.15, -0.1) is 0 Å². The van der Waals surface area contributed by atoms with Crippen molar-refractivity contribution in [2.45, 2.75) is 33.2 Å². The van der Waals surface area contributed by atoms with Crippen LogP contribution in [0.2, 0.25) is 0 Å². The van der Waals surface area contributed by atoms with Gasteiger partial charge in [-0.3, -0.25) is 9.89 Å². The van der Waals surface area contributed by atoms with E-state index in [4.69, 9.17) is 4.74 Å². The number of carbonyl (C=O) groups is 1. The predicted molar refractivity (Wildman–Crippen MR) is 61.5 cm³/mol. The second kappa shape index (κ2) is 5.65. The molecule has 0 aliphatic rings. The minimum absolute atomic E-state index is 0.0474. The molecule has 1 rings (SSSR count). The molecule has 0 saturated carbocycles. The molecule has 0 aliphatic carbocycles. The highest BCUT2D eigenvalue weighted by atomic mass is 16.5. The van der Waals surface area contributed by atoms with Crippen LogP contribution in [0, 0.1) is 13.8 Å². The molecule has 16 heavy (non-hydrogen) atoms. The molecule has 0 radical (unpaired) electrons. The van der Waals surface area contributed by atoms with Gasteiger partial charge < -0.3 is 10.1 Å². The lowest BCUT2D eigenvalue weighted by atomic mass is 10.1. The summed E-state index contributed by atoms with van der Waals surface area (Å²) < 4.78 is 5.04. The van der Waals surface area contributed by atoms with Crippen LogP contribution in [0.1, 0.15) is 35.1 Å². The van der Waals surface area contributed by atoms with E-state index in [1.807, 2.05) is 20.8 Å². The highest BCUT2D eigenvalue weighted by Gasteiger charge is 2.17. The summed E-state index contributed by atoms with van der Waals surface area (Å²) in [5.41, 5.74) is 2.15. The molecule has 5 heteroatoms. The Morgan fingerprint density at radius 1 is 1.56 bits per heavy atom. The highest BCUT2D eigenvalue weighted by molar-refractivity contribution is 5.96. The number of hydrogen-bond donors (Lipinski definition) is 2. The number of nitrogens with one attached hydrogen (secondary N) is 2. The summed E-state index contributed by atoms with van der Waals surface area (Å²) in [6.07, 6.45) is 0.843. The van der Waals surface area contributed by atoms with Gasteiger partial charge in [0.2, 0.25) is 0 Å². The Morgan fingerprint density at radius 2 is 2.25 bits per heavy atom. The van der Waals surface area contributed by atoms with E-state index in [-0.39, 0.29) is 11.9 Å². The Balaban J connectivity index is 2.71. The Morgan fingerprint density at radius 3 is 2.69 bits per heavy atom. The van der Waals surface area contributed by atoms with Crippen molar-refractivity contribution < 1.29 is 9.53 Å². The monoisotopic (exact) mass is 225 g/mol.